The van der Waals surface area contributed by atoms with E-state index in [-0.39, 0.29) is 11.8 Å². The van der Waals surface area contributed by atoms with Crippen LogP contribution in [0.2, 0.25) is 0 Å². The van der Waals surface area contributed by atoms with Crippen LogP contribution in [0.5, 0.6) is 5.75 Å². The van der Waals surface area contributed by atoms with Crippen LogP contribution in [0.25, 0.3) is 0 Å². The van der Waals surface area contributed by atoms with E-state index in [1.54, 1.807) is 30.3 Å². The monoisotopic (exact) mass is 382 g/mol. The summed E-state index contributed by atoms with van der Waals surface area (Å²) in [6, 6.07) is 14.3. The molecule has 5 nitrogen and oxygen atoms in total. The lowest BCUT2D eigenvalue weighted by Crippen LogP contribution is -2.15. The van der Waals surface area contributed by atoms with E-state index in [0.29, 0.717) is 47.6 Å². The summed E-state index contributed by atoms with van der Waals surface area (Å²) in [5, 5.41) is 5.73. The van der Waals surface area contributed by atoms with Crippen molar-refractivity contribution in [3.05, 3.63) is 54.1 Å². The zero-order valence-corrected chi connectivity index (χ0v) is 17.1. The zero-order chi connectivity index (χ0) is 20.5. The summed E-state index contributed by atoms with van der Waals surface area (Å²) in [6.45, 7) is 8.85. The minimum absolute atomic E-state index is 0.0146. The maximum Gasteiger partial charge on any atom is 0.259 e. The number of rotatable bonds is 9. The molecule has 0 fully saturated rings. The molecule has 2 amide bonds. The summed E-state index contributed by atoms with van der Waals surface area (Å²) >= 11 is 0. The lowest BCUT2D eigenvalue weighted by molar-refractivity contribution is -0.116. The second kappa shape index (κ2) is 10.5. The fourth-order valence-electron chi connectivity index (χ4n) is 2.60. The summed E-state index contributed by atoms with van der Waals surface area (Å²) in [5.41, 5.74) is 1.87. The van der Waals surface area contributed by atoms with E-state index >= 15 is 0 Å². The summed E-state index contributed by atoms with van der Waals surface area (Å²) in [5.74, 6) is 1.19. The van der Waals surface area contributed by atoms with Crippen molar-refractivity contribution in [3.8, 4) is 5.75 Å². The number of carbonyl (C=O) groups excluding carboxylic acids is 2. The molecule has 0 aliphatic heterocycles. The Morgan fingerprint density at radius 1 is 0.857 bits per heavy atom. The van der Waals surface area contributed by atoms with Gasteiger partial charge in [-0.05, 0) is 54.7 Å². The van der Waals surface area contributed by atoms with Gasteiger partial charge in [0.1, 0.15) is 5.75 Å². The highest BCUT2D eigenvalue weighted by Crippen LogP contribution is 2.21. The van der Waals surface area contributed by atoms with Crippen molar-refractivity contribution in [2.45, 2.75) is 40.5 Å². The molecule has 0 radical (unpaired) electrons. The maximum absolute atomic E-state index is 12.7. The molecule has 0 aromatic heterocycles. The number of hydrogen-bond donors (Lipinski definition) is 2. The van der Waals surface area contributed by atoms with Crippen LogP contribution in [0.3, 0.4) is 0 Å². The summed E-state index contributed by atoms with van der Waals surface area (Å²) in [4.78, 5) is 24.5. The van der Waals surface area contributed by atoms with Gasteiger partial charge in [0.05, 0.1) is 12.2 Å². The first kappa shape index (κ1) is 21.5. The Kier molecular flexibility index (Phi) is 8.05. The van der Waals surface area contributed by atoms with Crippen molar-refractivity contribution < 1.29 is 14.3 Å². The molecule has 5 heteroatoms. The second-order valence-electron chi connectivity index (χ2n) is 7.70. The van der Waals surface area contributed by atoms with Crippen molar-refractivity contribution in [2.75, 3.05) is 17.2 Å². The van der Waals surface area contributed by atoms with Crippen LogP contribution in [0.4, 0.5) is 11.4 Å². The number of anilines is 2. The first-order chi connectivity index (χ1) is 13.3. The van der Waals surface area contributed by atoms with E-state index in [0.717, 1.165) is 6.42 Å². The molecule has 0 spiro atoms. The van der Waals surface area contributed by atoms with Crippen molar-refractivity contribution in [3.63, 3.8) is 0 Å². The van der Waals surface area contributed by atoms with Gasteiger partial charge in [-0.15, -0.1) is 0 Å². The fourth-order valence-corrected chi connectivity index (χ4v) is 2.60. The fraction of sp³-hybridized carbons (Fsp3) is 0.391. The van der Waals surface area contributed by atoms with Crippen LogP contribution in [0.1, 0.15) is 50.9 Å². The van der Waals surface area contributed by atoms with E-state index in [2.05, 4.69) is 24.5 Å². The van der Waals surface area contributed by atoms with Gasteiger partial charge in [0.25, 0.3) is 5.91 Å². The van der Waals surface area contributed by atoms with Crippen LogP contribution >= 0.6 is 0 Å². The van der Waals surface area contributed by atoms with Crippen LogP contribution < -0.4 is 15.4 Å². The number of benzene rings is 2. The summed E-state index contributed by atoms with van der Waals surface area (Å²) < 4.78 is 5.79. The highest BCUT2D eigenvalue weighted by molar-refractivity contribution is 6.06. The van der Waals surface area contributed by atoms with Crippen molar-refractivity contribution in [1.82, 2.24) is 0 Å². The molecule has 150 valence electrons. The first-order valence-corrected chi connectivity index (χ1v) is 9.78. The standard InChI is InChI=1S/C23H30N2O3/c1-16(2)13-14-28-21-8-6-5-7-20(21)23(27)25-19-11-9-18(10-12-19)24-22(26)15-17(3)4/h5-12,16-17H,13-15H2,1-4H3,(H,24,26)(H,25,27). The van der Waals surface area contributed by atoms with E-state index in [4.69, 9.17) is 4.74 Å². The van der Waals surface area contributed by atoms with Gasteiger partial charge in [0.15, 0.2) is 0 Å². The predicted octanol–water partition coefficient (Wildman–Crippen LogP) is 5.35. The molecule has 2 rings (SSSR count). The molecule has 2 aromatic rings. The quantitative estimate of drug-likeness (QED) is 0.614. The molecule has 0 saturated heterocycles. The van der Waals surface area contributed by atoms with Gasteiger partial charge in [-0.2, -0.15) is 0 Å². The van der Waals surface area contributed by atoms with Gasteiger partial charge in [-0.3, -0.25) is 9.59 Å². The Bertz CT molecular complexity index is 783. The molecule has 0 heterocycles. The third-order valence-electron chi connectivity index (χ3n) is 4.10. The van der Waals surface area contributed by atoms with Gasteiger partial charge in [0, 0.05) is 17.8 Å². The number of para-hydroxylation sites is 1. The van der Waals surface area contributed by atoms with Crippen molar-refractivity contribution in [2.24, 2.45) is 11.8 Å². The molecule has 0 aliphatic carbocycles. The van der Waals surface area contributed by atoms with Gasteiger partial charge in [0.2, 0.25) is 5.91 Å². The molecule has 28 heavy (non-hydrogen) atoms. The lowest BCUT2D eigenvalue weighted by Gasteiger charge is -2.13. The molecule has 2 N–H and O–H groups in total. The lowest BCUT2D eigenvalue weighted by atomic mass is 10.1. The maximum atomic E-state index is 12.7. The molecule has 2 aromatic carbocycles. The average Bonchev–Trinajstić information content (AvgIpc) is 2.62. The third kappa shape index (κ3) is 7.06. The van der Waals surface area contributed by atoms with Crippen LogP contribution in [0.15, 0.2) is 48.5 Å². The van der Waals surface area contributed by atoms with E-state index in [9.17, 15) is 9.59 Å². The van der Waals surface area contributed by atoms with Crippen molar-refractivity contribution in [1.29, 1.82) is 0 Å². The molecule has 0 aliphatic rings. The third-order valence-corrected chi connectivity index (χ3v) is 4.10. The van der Waals surface area contributed by atoms with Crippen LogP contribution in [-0.4, -0.2) is 18.4 Å². The highest BCUT2D eigenvalue weighted by atomic mass is 16.5. The van der Waals surface area contributed by atoms with Crippen molar-refractivity contribution >= 4 is 23.2 Å². The van der Waals surface area contributed by atoms with Crippen LogP contribution in [-0.2, 0) is 4.79 Å². The Hall–Kier alpha value is -2.82. The molecule has 0 atom stereocenters. The van der Waals surface area contributed by atoms with Crippen LogP contribution in [0, 0.1) is 11.8 Å². The molecule has 0 saturated carbocycles. The number of amides is 2. The molecule has 0 unspecified atom stereocenters. The molecular formula is C23H30N2O3. The van der Waals surface area contributed by atoms with Gasteiger partial charge < -0.3 is 15.4 Å². The smallest absolute Gasteiger partial charge is 0.259 e. The Balaban J connectivity index is 1.98. The van der Waals surface area contributed by atoms with E-state index in [1.807, 2.05) is 32.0 Å². The minimum atomic E-state index is -0.225. The Labute approximate surface area is 167 Å². The van der Waals surface area contributed by atoms with Gasteiger partial charge in [-0.25, -0.2) is 0 Å². The Morgan fingerprint density at radius 3 is 2.07 bits per heavy atom. The number of carbonyl (C=O) groups is 2. The number of nitrogens with one attached hydrogen (secondary N) is 2. The molecule has 0 bridgehead atoms. The number of hydrogen-bond acceptors (Lipinski definition) is 3. The molecular weight excluding hydrogens is 352 g/mol. The SMILES string of the molecule is CC(C)CCOc1ccccc1C(=O)Nc1ccc(NC(=O)CC(C)C)cc1. The first-order valence-electron chi connectivity index (χ1n) is 9.78. The predicted molar refractivity (Wildman–Crippen MR) is 114 cm³/mol. The van der Waals surface area contributed by atoms with Gasteiger partial charge >= 0.3 is 0 Å². The summed E-state index contributed by atoms with van der Waals surface area (Å²) in [7, 11) is 0. The summed E-state index contributed by atoms with van der Waals surface area (Å²) in [6.07, 6.45) is 1.41. The van der Waals surface area contributed by atoms with Gasteiger partial charge in [-0.1, -0.05) is 39.8 Å². The topological polar surface area (TPSA) is 67.4 Å². The zero-order valence-electron chi connectivity index (χ0n) is 17.1. The highest BCUT2D eigenvalue weighted by Gasteiger charge is 2.13. The number of ether oxygens (including phenoxy) is 1. The van der Waals surface area contributed by atoms with E-state index < -0.39 is 0 Å². The normalized spacial score (nSPS) is 10.8. The second-order valence-corrected chi connectivity index (χ2v) is 7.70. The Morgan fingerprint density at radius 2 is 1.46 bits per heavy atom. The average molecular weight is 383 g/mol. The van der Waals surface area contributed by atoms with E-state index in [1.165, 1.54) is 0 Å². The largest absolute Gasteiger partial charge is 0.493 e. The minimum Gasteiger partial charge on any atom is -0.493 e.